The van der Waals surface area contributed by atoms with E-state index in [-0.39, 0.29) is 11.2 Å². The first kappa shape index (κ1) is 14.2. The van der Waals surface area contributed by atoms with Gasteiger partial charge in [-0.25, -0.2) is 9.97 Å². The molecule has 2 rings (SSSR count). The molecule has 0 saturated heterocycles. The van der Waals surface area contributed by atoms with E-state index in [4.69, 9.17) is 0 Å². The molecule has 0 aliphatic rings. The molecule has 0 unspecified atom stereocenters. The fourth-order valence-corrected chi connectivity index (χ4v) is 1.83. The second-order valence-electron chi connectivity index (χ2n) is 4.88. The summed E-state index contributed by atoms with van der Waals surface area (Å²) in [6.07, 6.45) is -3.40. The summed E-state index contributed by atoms with van der Waals surface area (Å²) in [7, 11) is 0. The summed E-state index contributed by atoms with van der Waals surface area (Å²) < 4.78 is 37.9. The number of rotatable bonds is 2. The lowest BCUT2D eigenvalue weighted by atomic mass is 9.86. The second-order valence-corrected chi connectivity index (χ2v) is 4.88. The van der Waals surface area contributed by atoms with Gasteiger partial charge in [0.2, 0.25) is 0 Å². The van der Waals surface area contributed by atoms with Crippen LogP contribution in [0.3, 0.4) is 0 Å². The molecule has 4 nitrogen and oxygen atoms in total. The molecule has 106 valence electrons. The van der Waals surface area contributed by atoms with Crippen LogP contribution in [0.25, 0.3) is 10.9 Å². The molecule has 0 saturated carbocycles. The van der Waals surface area contributed by atoms with E-state index in [2.05, 4.69) is 9.97 Å². The number of carboxylic acids is 1. The van der Waals surface area contributed by atoms with Gasteiger partial charge in [-0.2, -0.15) is 13.2 Å². The molecule has 2 aromatic rings. The molecule has 1 N–H and O–H groups in total. The quantitative estimate of drug-likeness (QED) is 0.920. The lowest BCUT2D eigenvalue weighted by Crippen LogP contribution is -2.30. The zero-order valence-corrected chi connectivity index (χ0v) is 10.7. The highest BCUT2D eigenvalue weighted by molar-refractivity contribution is 5.89. The fraction of sp³-hybridized carbons (Fsp3) is 0.308. The SMILES string of the molecule is CC(C)(C(=O)O)c1ncnc2cc(C(F)(F)F)ccc12. The predicted molar refractivity (Wildman–Crippen MR) is 65.2 cm³/mol. The minimum absolute atomic E-state index is 0.0687. The van der Waals surface area contributed by atoms with Gasteiger partial charge in [-0.3, -0.25) is 4.79 Å². The molecule has 0 fully saturated rings. The molecular formula is C13H11F3N2O2. The first-order chi connectivity index (χ1) is 9.14. The lowest BCUT2D eigenvalue weighted by Gasteiger charge is -2.20. The van der Waals surface area contributed by atoms with Gasteiger partial charge in [-0.05, 0) is 26.0 Å². The molecule has 0 atom stereocenters. The number of aromatic nitrogens is 2. The van der Waals surface area contributed by atoms with Crippen LogP contribution < -0.4 is 0 Å². The summed E-state index contributed by atoms with van der Waals surface area (Å²) in [5.41, 5.74) is -1.90. The van der Waals surface area contributed by atoms with Gasteiger partial charge in [0.05, 0.1) is 16.8 Å². The van der Waals surface area contributed by atoms with E-state index in [0.29, 0.717) is 5.39 Å². The molecule has 7 heteroatoms. The van der Waals surface area contributed by atoms with Crippen LogP contribution in [0.4, 0.5) is 13.2 Å². The highest BCUT2D eigenvalue weighted by atomic mass is 19.4. The summed E-state index contributed by atoms with van der Waals surface area (Å²) in [5, 5.41) is 9.50. The van der Waals surface area contributed by atoms with Gasteiger partial charge < -0.3 is 5.11 Å². The summed E-state index contributed by atoms with van der Waals surface area (Å²) in [6.45, 7) is 2.88. The monoisotopic (exact) mass is 284 g/mol. The summed E-state index contributed by atoms with van der Waals surface area (Å²) in [5.74, 6) is -1.11. The Morgan fingerprint density at radius 2 is 1.85 bits per heavy atom. The van der Waals surface area contributed by atoms with Gasteiger partial charge in [0, 0.05) is 5.39 Å². The van der Waals surface area contributed by atoms with Crippen LogP contribution in [0.1, 0.15) is 25.1 Å². The van der Waals surface area contributed by atoms with Crippen molar-refractivity contribution in [3.63, 3.8) is 0 Å². The van der Waals surface area contributed by atoms with E-state index >= 15 is 0 Å². The van der Waals surface area contributed by atoms with Gasteiger partial charge in [0.15, 0.2) is 0 Å². The summed E-state index contributed by atoms with van der Waals surface area (Å²) >= 11 is 0. The van der Waals surface area contributed by atoms with E-state index in [1.165, 1.54) is 19.9 Å². The molecule has 0 aliphatic carbocycles. The standard InChI is InChI=1S/C13H11F3N2O2/c1-12(2,11(19)20)10-8-4-3-7(13(14,15)16)5-9(8)17-6-18-10/h3-6H,1-2H3,(H,19,20). The molecule has 1 heterocycles. The van der Waals surface area contributed by atoms with Crippen molar-refractivity contribution in [2.45, 2.75) is 25.4 Å². The Balaban J connectivity index is 2.70. The third-order valence-electron chi connectivity index (χ3n) is 3.09. The van der Waals surface area contributed by atoms with Crippen LogP contribution in [0, 0.1) is 0 Å². The Morgan fingerprint density at radius 3 is 2.40 bits per heavy atom. The Labute approximate surface area is 112 Å². The van der Waals surface area contributed by atoms with Crippen molar-refractivity contribution in [1.29, 1.82) is 0 Å². The Kier molecular flexibility index (Phi) is 3.15. The number of carboxylic acid groups (broad SMARTS) is 1. The largest absolute Gasteiger partial charge is 0.481 e. The van der Waals surface area contributed by atoms with E-state index in [0.717, 1.165) is 18.5 Å². The van der Waals surface area contributed by atoms with Crippen molar-refractivity contribution in [2.24, 2.45) is 0 Å². The minimum atomic E-state index is -4.47. The van der Waals surface area contributed by atoms with E-state index in [1.807, 2.05) is 0 Å². The zero-order valence-electron chi connectivity index (χ0n) is 10.7. The number of aliphatic carboxylic acids is 1. The third-order valence-corrected chi connectivity index (χ3v) is 3.09. The van der Waals surface area contributed by atoms with Gasteiger partial charge in [-0.1, -0.05) is 6.07 Å². The molecule has 20 heavy (non-hydrogen) atoms. The van der Waals surface area contributed by atoms with Crippen LogP contribution in [-0.4, -0.2) is 21.0 Å². The van der Waals surface area contributed by atoms with Gasteiger partial charge in [0.1, 0.15) is 11.7 Å². The first-order valence-corrected chi connectivity index (χ1v) is 5.70. The van der Waals surface area contributed by atoms with Crippen molar-refractivity contribution in [3.8, 4) is 0 Å². The number of carbonyl (C=O) groups is 1. The van der Waals surface area contributed by atoms with E-state index in [1.54, 1.807) is 0 Å². The average Bonchev–Trinajstić information content (AvgIpc) is 2.36. The topological polar surface area (TPSA) is 63.1 Å². The van der Waals surface area contributed by atoms with Crippen molar-refractivity contribution in [1.82, 2.24) is 9.97 Å². The Hall–Kier alpha value is -2.18. The van der Waals surface area contributed by atoms with E-state index in [9.17, 15) is 23.1 Å². The van der Waals surface area contributed by atoms with Crippen molar-refractivity contribution in [2.75, 3.05) is 0 Å². The van der Waals surface area contributed by atoms with Crippen LogP contribution in [-0.2, 0) is 16.4 Å². The molecule has 1 aromatic heterocycles. The number of alkyl halides is 3. The highest BCUT2D eigenvalue weighted by Crippen LogP contribution is 2.33. The number of hydrogen-bond donors (Lipinski definition) is 1. The molecule has 0 amide bonds. The Bertz CT molecular complexity index is 681. The number of hydrogen-bond acceptors (Lipinski definition) is 3. The first-order valence-electron chi connectivity index (χ1n) is 5.70. The van der Waals surface area contributed by atoms with Crippen LogP contribution in [0.2, 0.25) is 0 Å². The van der Waals surface area contributed by atoms with Crippen LogP contribution >= 0.6 is 0 Å². The van der Waals surface area contributed by atoms with Crippen molar-refractivity contribution >= 4 is 16.9 Å². The van der Waals surface area contributed by atoms with Crippen molar-refractivity contribution in [3.05, 3.63) is 35.8 Å². The van der Waals surface area contributed by atoms with Crippen molar-refractivity contribution < 1.29 is 23.1 Å². The molecular weight excluding hydrogens is 273 g/mol. The smallest absolute Gasteiger partial charge is 0.416 e. The lowest BCUT2D eigenvalue weighted by molar-refractivity contribution is -0.142. The van der Waals surface area contributed by atoms with Crippen LogP contribution in [0.5, 0.6) is 0 Å². The maximum absolute atomic E-state index is 12.6. The Morgan fingerprint density at radius 1 is 1.20 bits per heavy atom. The molecule has 0 aliphatic heterocycles. The van der Waals surface area contributed by atoms with E-state index < -0.39 is 23.1 Å². The van der Waals surface area contributed by atoms with Gasteiger partial charge >= 0.3 is 12.1 Å². The molecule has 0 bridgehead atoms. The zero-order chi connectivity index (χ0) is 15.1. The maximum Gasteiger partial charge on any atom is 0.416 e. The van der Waals surface area contributed by atoms with Crippen LogP contribution in [0.15, 0.2) is 24.5 Å². The molecule has 1 aromatic carbocycles. The van der Waals surface area contributed by atoms with Gasteiger partial charge in [-0.15, -0.1) is 0 Å². The third kappa shape index (κ3) is 2.31. The number of benzene rings is 1. The highest BCUT2D eigenvalue weighted by Gasteiger charge is 2.34. The summed E-state index contributed by atoms with van der Waals surface area (Å²) in [4.78, 5) is 19.0. The second kappa shape index (κ2) is 4.43. The summed E-state index contributed by atoms with van der Waals surface area (Å²) in [6, 6.07) is 2.99. The predicted octanol–water partition coefficient (Wildman–Crippen LogP) is 3.01. The number of fused-ring (bicyclic) bond motifs is 1. The number of halogens is 3. The minimum Gasteiger partial charge on any atom is -0.481 e. The fourth-order valence-electron chi connectivity index (χ4n) is 1.83. The van der Waals surface area contributed by atoms with Gasteiger partial charge in [0.25, 0.3) is 0 Å². The average molecular weight is 284 g/mol. The normalized spacial score (nSPS) is 12.7. The maximum atomic E-state index is 12.6. The number of nitrogens with zero attached hydrogens (tertiary/aromatic N) is 2. The molecule has 0 spiro atoms. The molecule has 0 radical (unpaired) electrons.